The first-order valence-corrected chi connectivity index (χ1v) is 8.07. The molecule has 2 aromatic heterocycles. The highest BCUT2D eigenvalue weighted by Crippen LogP contribution is 2.26. The third-order valence-corrected chi connectivity index (χ3v) is 4.09. The molecule has 0 spiro atoms. The summed E-state index contributed by atoms with van der Waals surface area (Å²) in [4.78, 5) is 16.1. The average molecular weight is 362 g/mol. The Morgan fingerprint density at radius 3 is 2.84 bits per heavy atom. The molecule has 1 amide bonds. The van der Waals surface area contributed by atoms with Gasteiger partial charge in [-0.05, 0) is 31.2 Å². The van der Waals surface area contributed by atoms with E-state index >= 15 is 0 Å². The molecule has 0 saturated heterocycles. The van der Waals surface area contributed by atoms with Crippen LogP contribution in [0.1, 0.15) is 6.92 Å². The van der Waals surface area contributed by atoms with Crippen LogP contribution < -0.4 is 5.32 Å². The predicted molar refractivity (Wildman–Crippen MR) is 87.8 cm³/mol. The Morgan fingerprint density at radius 1 is 1.28 bits per heavy atom. The molecule has 0 radical (unpaired) electrons. The van der Waals surface area contributed by atoms with E-state index in [-0.39, 0.29) is 16.8 Å². The van der Waals surface area contributed by atoms with Crippen molar-refractivity contribution < 1.29 is 18.0 Å². The topological polar surface area (TPSA) is 80.9 Å². The van der Waals surface area contributed by atoms with Crippen LogP contribution in [0.4, 0.5) is 14.5 Å². The lowest BCUT2D eigenvalue weighted by molar-refractivity contribution is -0.115. The molecule has 9 heteroatoms. The second-order valence-electron chi connectivity index (χ2n) is 4.99. The van der Waals surface area contributed by atoms with Gasteiger partial charge in [0.2, 0.25) is 11.8 Å². The fourth-order valence-corrected chi connectivity index (χ4v) is 2.58. The molecule has 1 atom stereocenters. The molecule has 25 heavy (non-hydrogen) atoms. The van der Waals surface area contributed by atoms with Crippen LogP contribution in [-0.2, 0) is 4.79 Å². The van der Waals surface area contributed by atoms with Gasteiger partial charge in [-0.25, -0.2) is 8.78 Å². The van der Waals surface area contributed by atoms with E-state index in [1.165, 1.54) is 0 Å². The van der Waals surface area contributed by atoms with Crippen LogP contribution in [0.2, 0.25) is 0 Å². The van der Waals surface area contributed by atoms with E-state index in [9.17, 15) is 13.6 Å². The monoisotopic (exact) mass is 362 g/mol. The number of nitrogens with one attached hydrogen (secondary N) is 1. The number of aromatic nitrogens is 3. The van der Waals surface area contributed by atoms with Gasteiger partial charge in [0.1, 0.15) is 11.6 Å². The van der Waals surface area contributed by atoms with Crippen molar-refractivity contribution in [1.82, 2.24) is 15.2 Å². The first-order chi connectivity index (χ1) is 12.0. The van der Waals surface area contributed by atoms with E-state index in [1.54, 1.807) is 31.5 Å². The van der Waals surface area contributed by atoms with E-state index in [0.717, 1.165) is 23.9 Å². The second kappa shape index (κ2) is 7.39. The molecule has 3 rings (SSSR count). The minimum atomic E-state index is -0.845. The fraction of sp³-hybridized carbons (Fsp3) is 0.125. The number of carbonyl (C=O) groups is 1. The number of hydrogen-bond donors (Lipinski definition) is 1. The molecule has 6 nitrogen and oxygen atoms in total. The number of halogens is 2. The Morgan fingerprint density at radius 2 is 2.12 bits per heavy atom. The van der Waals surface area contributed by atoms with Gasteiger partial charge < -0.3 is 9.73 Å². The van der Waals surface area contributed by atoms with E-state index in [1.807, 2.05) is 0 Å². The van der Waals surface area contributed by atoms with Crippen molar-refractivity contribution >= 4 is 23.4 Å². The standard InChI is InChI=1S/C16H12F2N4O2S/c1-9(14(23)20-13-5-4-11(17)7-12(13)18)25-16-22-21-15(24-16)10-3-2-6-19-8-10/h2-9H,1H3,(H,20,23)/t9-/m0/s1. The summed E-state index contributed by atoms with van der Waals surface area (Å²) < 4.78 is 31.9. The van der Waals surface area contributed by atoms with E-state index in [0.29, 0.717) is 11.6 Å². The number of anilines is 1. The first-order valence-electron chi connectivity index (χ1n) is 7.19. The number of hydrogen-bond acceptors (Lipinski definition) is 6. The molecule has 0 aliphatic rings. The quantitative estimate of drug-likeness (QED) is 0.700. The van der Waals surface area contributed by atoms with Gasteiger partial charge in [0.15, 0.2) is 0 Å². The zero-order valence-electron chi connectivity index (χ0n) is 12.9. The largest absolute Gasteiger partial charge is 0.411 e. The molecular formula is C16H12F2N4O2S. The summed E-state index contributed by atoms with van der Waals surface area (Å²) in [5, 5.41) is 9.72. The Labute approximate surface area is 145 Å². The highest BCUT2D eigenvalue weighted by Gasteiger charge is 2.20. The molecule has 3 aromatic rings. The molecule has 0 fully saturated rings. The van der Waals surface area contributed by atoms with Gasteiger partial charge >= 0.3 is 0 Å². The van der Waals surface area contributed by atoms with Gasteiger partial charge in [0, 0.05) is 18.5 Å². The lowest BCUT2D eigenvalue weighted by Crippen LogP contribution is -2.23. The first kappa shape index (κ1) is 17.0. The molecule has 0 aliphatic carbocycles. The summed E-state index contributed by atoms with van der Waals surface area (Å²) in [7, 11) is 0. The summed E-state index contributed by atoms with van der Waals surface area (Å²) in [6, 6.07) is 6.43. The Kier molecular flexibility index (Phi) is 5.03. The SMILES string of the molecule is C[C@H](Sc1nnc(-c2cccnc2)o1)C(=O)Nc1ccc(F)cc1F. The van der Waals surface area contributed by atoms with E-state index in [4.69, 9.17) is 4.42 Å². The van der Waals surface area contributed by atoms with Crippen molar-refractivity contribution in [2.45, 2.75) is 17.4 Å². The maximum atomic E-state index is 13.6. The summed E-state index contributed by atoms with van der Waals surface area (Å²) in [5.41, 5.74) is 0.563. The third kappa shape index (κ3) is 4.18. The minimum absolute atomic E-state index is 0.0968. The molecule has 1 aromatic carbocycles. The zero-order valence-corrected chi connectivity index (χ0v) is 13.8. The maximum absolute atomic E-state index is 13.6. The summed E-state index contributed by atoms with van der Waals surface area (Å²) in [6.07, 6.45) is 3.20. The van der Waals surface area contributed by atoms with Crippen LogP contribution in [0, 0.1) is 11.6 Å². The summed E-state index contributed by atoms with van der Waals surface area (Å²) >= 11 is 1.03. The normalized spacial score (nSPS) is 12.0. The number of pyridine rings is 1. The number of benzene rings is 1. The van der Waals surface area contributed by atoms with Crippen LogP contribution in [0.25, 0.3) is 11.5 Å². The van der Waals surface area contributed by atoms with Crippen molar-refractivity contribution in [3.05, 3.63) is 54.4 Å². The summed E-state index contributed by atoms with van der Waals surface area (Å²) in [6.45, 7) is 1.61. The van der Waals surface area contributed by atoms with Gasteiger partial charge in [0.25, 0.3) is 5.22 Å². The van der Waals surface area contributed by atoms with Crippen molar-refractivity contribution in [1.29, 1.82) is 0 Å². The Hall–Kier alpha value is -2.81. The average Bonchev–Trinajstić information content (AvgIpc) is 3.06. The third-order valence-electron chi connectivity index (χ3n) is 3.15. The molecule has 2 heterocycles. The molecule has 0 bridgehead atoms. The zero-order chi connectivity index (χ0) is 17.8. The fourth-order valence-electron chi connectivity index (χ4n) is 1.89. The van der Waals surface area contributed by atoms with Crippen molar-refractivity contribution in [3.8, 4) is 11.5 Å². The van der Waals surface area contributed by atoms with Crippen LogP contribution in [-0.4, -0.2) is 26.3 Å². The lowest BCUT2D eigenvalue weighted by atomic mass is 10.3. The van der Waals surface area contributed by atoms with Gasteiger partial charge in [-0.15, -0.1) is 10.2 Å². The number of carbonyl (C=O) groups excluding carboxylic acids is 1. The van der Waals surface area contributed by atoms with Gasteiger partial charge in [-0.2, -0.15) is 0 Å². The van der Waals surface area contributed by atoms with Gasteiger partial charge in [-0.1, -0.05) is 11.8 Å². The highest BCUT2D eigenvalue weighted by molar-refractivity contribution is 8.00. The molecule has 0 unspecified atom stereocenters. The minimum Gasteiger partial charge on any atom is -0.411 e. The van der Waals surface area contributed by atoms with Crippen LogP contribution in [0.3, 0.4) is 0 Å². The lowest BCUT2D eigenvalue weighted by Gasteiger charge is -2.10. The second-order valence-corrected chi connectivity index (χ2v) is 6.28. The number of amides is 1. The van der Waals surface area contributed by atoms with Crippen molar-refractivity contribution in [3.63, 3.8) is 0 Å². The van der Waals surface area contributed by atoms with Crippen molar-refractivity contribution in [2.24, 2.45) is 0 Å². The Bertz CT molecular complexity index is 889. The van der Waals surface area contributed by atoms with Crippen LogP contribution in [0.15, 0.2) is 52.4 Å². The number of rotatable bonds is 5. The van der Waals surface area contributed by atoms with Crippen LogP contribution >= 0.6 is 11.8 Å². The molecule has 0 saturated carbocycles. The van der Waals surface area contributed by atoms with Crippen molar-refractivity contribution in [2.75, 3.05) is 5.32 Å². The predicted octanol–water partition coefficient (Wildman–Crippen LogP) is 3.53. The van der Waals surface area contributed by atoms with E-state index < -0.39 is 22.8 Å². The summed E-state index contributed by atoms with van der Waals surface area (Å²) in [5.74, 6) is -1.75. The maximum Gasteiger partial charge on any atom is 0.277 e. The van der Waals surface area contributed by atoms with Crippen LogP contribution in [0.5, 0.6) is 0 Å². The smallest absolute Gasteiger partial charge is 0.277 e. The molecule has 1 N–H and O–H groups in total. The molecular weight excluding hydrogens is 350 g/mol. The highest BCUT2D eigenvalue weighted by atomic mass is 32.2. The van der Waals surface area contributed by atoms with Gasteiger partial charge in [0.05, 0.1) is 16.5 Å². The molecule has 128 valence electrons. The molecule has 0 aliphatic heterocycles. The number of thioether (sulfide) groups is 1. The Balaban J connectivity index is 1.65. The van der Waals surface area contributed by atoms with E-state index in [2.05, 4.69) is 20.5 Å². The number of nitrogens with zero attached hydrogens (tertiary/aromatic N) is 3. The van der Waals surface area contributed by atoms with Gasteiger partial charge in [-0.3, -0.25) is 9.78 Å².